The van der Waals surface area contributed by atoms with Crippen LogP contribution >= 0.6 is 0 Å². The molecule has 0 aliphatic carbocycles. The third-order valence-corrected chi connectivity index (χ3v) is 7.50. The molecule has 0 spiro atoms. The van der Waals surface area contributed by atoms with Crippen molar-refractivity contribution >= 4 is 27.3 Å². The summed E-state index contributed by atoms with van der Waals surface area (Å²) < 4.78 is 1.85. The van der Waals surface area contributed by atoms with Gasteiger partial charge in [0.2, 0.25) is 0 Å². The predicted molar refractivity (Wildman–Crippen MR) is 165 cm³/mol. The molecule has 8 aromatic rings. The van der Waals surface area contributed by atoms with Crippen molar-refractivity contribution in [2.24, 2.45) is 0 Å². The van der Waals surface area contributed by atoms with E-state index in [1.54, 1.807) is 0 Å². The van der Waals surface area contributed by atoms with Crippen LogP contribution in [0.5, 0.6) is 0 Å². The molecular formula is C36H23N5. The van der Waals surface area contributed by atoms with Gasteiger partial charge in [0, 0.05) is 34.3 Å². The lowest BCUT2D eigenvalue weighted by Gasteiger charge is -2.11. The Morgan fingerprint density at radius 1 is 0.488 bits per heavy atom. The zero-order chi connectivity index (χ0) is 27.2. The number of hydrogen-bond donors (Lipinski definition) is 0. The van der Waals surface area contributed by atoms with E-state index in [2.05, 4.69) is 91.0 Å². The van der Waals surface area contributed by atoms with Crippen molar-refractivity contribution in [3.05, 3.63) is 140 Å². The Bertz CT molecular complexity index is 2220. The zero-order valence-electron chi connectivity index (χ0n) is 22.0. The summed E-state index contributed by atoms with van der Waals surface area (Å²) in [6, 6.07) is 43.6. The highest BCUT2D eigenvalue weighted by Crippen LogP contribution is 2.33. The SMILES string of the molecule is c1ccc(-c2ccc3nc(-c4cccc(-c5ccnc(-c6nc7ccccc7c7ccccc67)c5)c4)nn3c2)cc1. The Morgan fingerprint density at radius 3 is 2.12 bits per heavy atom. The Morgan fingerprint density at radius 2 is 1.22 bits per heavy atom. The van der Waals surface area contributed by atoms with Crippen LogP contribution in [0, 0.1) is 0 Å². The van der Waals surface area contributed by atoms with Crippen LogP contribution in [-0.2, 0) is 0 Å². The normalized spacial score (nSPS) is 11.4. The van der Waals surface area contributed by atoms with Gasteiger partial charge in [0.15, 0.2) is 11.5 Å². The molecule has 5 nitrogen and oxygen atoms in total. The molecule has 4 heterocycles. The third-order valence-electron chi connectivity index (χ3n) is 7.50. The predicted octanol–water partition coefficient (Wildman–Crippen LogP) is 8.49. The summed E-state index contributed by atoms with van der Waals surface area (Å²) in [5, 5.41) is 8.23. The average molecular weight is 526 g/mol. The van der Waals surface area contributed by atoms with Crippen LogP contribution in [0.2, 0.25) is 0 Å². The fourth-order valence-corrected chi connectivity index (χ4v) is 5.48. The van der Waals surface area contributed by atoms with Crippen LogP contribution < -0.4 is 0 Å². The Labute approximate surface area is 236 Å². The van der Waals surface area contributed by atoms with E-state index < -0.39 is 0 Å². The molecule has 192 valence electrons. The molecule has 0 unspecified atom stereocenters. The molecule has 41 heavy (non-hydrogen) atoms. The van der Waals surface area contributed by atoms with Gasteiger partial charge in [-0.3, -0.25) is 4.98 Å². The van der Waals surface area contributed by atoms with Gasteiger partial charge in [-0.1, -0.05) is 91.0 Å². The average Bonchev–Trinajstić information content (AvgIpc) is 3.49. The van der Waals surface area contributed by atoms with Gasteiger partial charge in [0.1, 0.15) is 0 Å². The summed E-state index contributed by atoms with van der Waals surface area (Å²) in [6.07, 6.45) is 3.89. The molecule has 5 heteroatoms. The van der Waals surface area contributed by atoms with E-state index in [1.807, 2.05) is 53.3 Å². The minimum Gasteiger partial charge on any atom is -0.255 e. The lowest BCUT2D eigenvalue weighted by molar-refractivity contribution is 0.967. The molecule has 0 fully saturated rings. The maximum absolute atomic E-state index is 5.04. The second-order valence-electron chi connectivity index (χ2n) is 10.1. The highest BCUT2D eigenvalue weighted by molar-refractivity contribution is 6.10. The quantitative estimate of drug-likeness (QED) is 0.216. The maximum Gasteiger partial charge on any atom is 0.182 e. The summed E-state index contributed by atoms with van der Waals surface area (Å²) in [6.45, 7) is 0. The monoisotopic (exact) mass is 525 g/mol. The number of benzene rings is 4. The standard InChI is InChI=1S/C36H23N5/c1-2-9-24(10-3-1)28-17-18-34-39-36(40-41(34)23-28)27-12-8-11-25(21-27)26-19-20-37-33(22-26)35-31-15-5-4-13-29(31)30-14-6-7-16-32(30)38-35/h1-23H. The fourth-order valence-electron chi connectivity index (χ4n) is 5.48. The number of para-hydroxylation sites is 1. The van der Waals surface area contributed by atoms with Crippen LogP contribution in [0.15, 0.2) is 140 Å². The van der Waals surface area contributed by atoms with Gasteiger partial charge >= 0.3 is 0 Å². The number of rotatable bonds is 4. The Hall–Kier alpha value is -5.68. The van der Waals surface area contributed by atoms with E-state index in [4.69, 9.17) is 20.1 Å². The molecule has 0 bridgehead atoms. The van der Waals surface area contributed by atoms with Gasteiger partial charge < -0.3 is 0 Å². The number of pyridine rings is 3. The van der Waals surface area contributed by atoms with Gasteiger partial charge in [0.05, 0.1) is 16.9 Å². The first-order valence-corrected chi connectivity index (χ1v) is 13.6. The van der Waals surface area contributed by atoms with Crippen LogP contribution in [0.3, 0.4) is 0 Å². The summed E-state index contributed by atoms with van der Waals surface area (Å²) in [7, 11) is 0. The molecule has 4 aromatic heterocycles. The van der Waals surface area contributed by atoms with Crippen molar-refractivity contribution in [2.45, 2.75) is 0 Å². The molecular weight excluding hydrogens is 502 g/mol. The summed E-state index contributed by atoms with van der Waals surface area (Å²) in [5.41, 5.74) is 8.83. The van der Waals surface area contributed by atoms with E-state index in [1.165, 1.54) is 5.39 Å². The molecule has 0 saturated heterocycles. The molecule has 0 atom stereocenters. The van der Waals surface area contributed by atoms with Crippen molar-refractivity contribution < 1.29 is 0 Å². The van der Waals surface area contributed by atoms with E-state index in [9.17, 15) is 0 Å². The minimum absolute atomic E-state index is 0.688. The molecule has 0 aliphatic rings. The lowest BCUT2D eigenvalue weighted by atomic mass is 9.99. The first-order chi connectivity index (χ1) is 20.3. The van der Waals surface area contributed by atoms with Gasteiger partial charge in [0.25, 0.3) is 0 Å². The van der Waals surface area contributed by atoms with Crippen molar-refractivity contribution in [1.82, 2.24) is 24.6 Å². The van der Waals surface area contributed by atoms with E-state index in [-0.39, 0.29) is 0 Å². The summed E-state index contributed by atoms with van der Waals surface area (Å²) in [5.74, 6) is 0.688. The van der Waals surface area contributed by atoms with E-state index in [0.717, 1.165) is 61.1 Å². The van der Waals surface area contributed by atoms with Crippen LogP contribution in [-0.4, -0.2) is 24.6 Å². The van der Waals surface area contributed by atoms with Crippen molar-refractivity contribution in [3.8, 4) is 45.0 Å². The molecule has 0 radical (unpaired) electrons. The van der Waals surface area contributed by atoms with Crippen molar-refractivity contribution in [1.29, 1.82) is 0 Å². The van der Waals surface area contributed by atoms with Crippen molar-refractivity contribution in [2.75, 3.05) is 0 Å². The first-order valence-electron chi connectivity index (χ1n) is 13.6. The molecule has 0 saturated carbocycles. The van der Waals surface area contributed by atoms with Gasteiger partial charge in [-0.05, 0) is 58.5 Å². The molecule has 0 aliphatic heterocycles. The highest BCUT2D eigenvalue weighted by atomic mass is 15.3. The second-order valence-corrected chi connectivity index (χ2v) is 10.1. The molecule has 0 amide bonds. The smallest absolute Gasteiger partial charge is 0.182 e. The zero-order valence-corrected chi connectivity index (χ0v) is 22.0. The summed E-state index contributed by atoms with van der Waals surface area (Å²) >= 11 is 0. The topological polar surface area (TPSA) is 56.0 Å². The molecule has 0 N–H and O–H groups in total. The van der Waals surface area contributed by atoms with E-state index in [0.29, 0.717) is 5.82 Å². The van der Waals surface area contributed by atoms with Crippen molar-refractivity contribution in [3.63, 3.8) is 0 Å². The summed E-state index contributed by atoms with van der Waals surface area (Å²) in [4.78, 5) is 14.6. The fraction of sp³-hybridized carbons (Fsp3) is 0. The molecule has 4 aromatic carbocycles. The maximum atomic E-state index is 5.04. The number of nitrogens with zero attached hydrogens (tertiary/aromatic N) is 5. The first kappa shape index (κ1) is 23.2. The van der Waals surface area contributed by atoms with Crippen LogP contribution in [0.4, 0.5) is 0 Å². The van der Waals surface area contributed by atoms with Crippen LogP contribution in [0.1, 0.15) is 0 Å². The number of fused-ring (bicyclic) bond motifs is 4. The largest absolute Gasteiger partial charge is 0.255 e. The minimum atomic E-state index is 0.688. The third kappa shape index (κ3) is 4.12. The highest BCUT2D eigenvalue weighted by Gasteiger charge is 2.13. The van der Waals surface area contributed by atoms with E-state index >= 15 is 0 Å². The Balaban J connectivity index is 1.19. The number of hydrogen-bond acceptors (Lipinski definition) is 4. The number of aromatic nitrogens is 5. The van der Waals surface area contributed by atoms with Crippen LogP contribution in [0.25, 0.3) is 72.4 Å². The Kier molecular flexibility index (Phi) is 5.38. The van der Waals surface area contributed by atoms with Gasteiger partial charge in [-0.15, -0.1) is 5.10 Å². The molecule has 8 rings (SSSR count). The van der Waals surface area contributed by atoms with Gasteiger partial charge in [-0.25, -0.2) is 14.5 Å². The lowest BCUT2D eigenvalue weighted by Crippen LogP contribution is -1.92. The van der Waals surface area contributed by atoms with Gasteiger partial charge in [-0.2, -0.15) is 0 Å². The second kappa shape index (κ2) is 9.50.